The Kier molecular flexibility index (Phi) is 7.05. The third-order valence-corrected chi connectivity index (χ3v) is 4.42. The zero-order chi connectivity index (χ0) is 20.6. The number of nitrogens with zero attached hydrogens (tertiary/aromatic N) is 1. The van der Waals surface area contributed by atoms with Crippen LogP contribution in [0.3, 0.4) is 0 Å². The van der Waals surface area contributed by atoms with Crippen molar-refractivity contribution in [2.45, 2.75) is 0 Å². The van der Waals surface area contributed by atoms with Gasteiger partial charge in [-0.2, -0.15) is 0 Å². The highest BCUT2D eigenvalue weighted by Gasteiger charge is 2.15. The van der Waals surface area contributed by atoms with Gasteiger partial charge in [0.15, 0.2) is 0 Å². The molecule has 3 rings (SSSR count). The molecule has 1 heterocycles. The number of pyridine rings is 1. The Bertz CT molecular complexity index is 995. The fraction of sp³-hybridized carbons (Fsp3) is 0.182. The number of carbonyl (C=O) groups is 1. The van der Waals surface area contributed by atoms with E-state index >= 15 is 0 Å². The van der Waals surface area contributed by atoms with Gasteiger partial charge in [-0.15, -0.1) is 0 Å². The molecular formula is C22H22ClN3O3. The third kappa shape index (κ3) is 5.47. The highest BCUT2D eigenvalue weighted by atomic mass is 35.5. The lowest BCUT2D eigenvalue weighted by atomic mass is 10.1. The van der Waals surface area contributed by atoms with E-state index in [4.69, 9.17) is 21.1 Å². The molecule has 3 aromatic rings. The van der Waals surface area contributed by atoms with Crippen molar-refractivity contribution in [3.63, 3.8) is 0 Å². The number of ether oxygens (including phenoxy) is 2. The minimum atomic E-state index is -0.275. The molecule has 0 radical (unpaired) electrons. The lowest BCUT2D eigenvalue weighted by Gasteiger charge is -2.13. The molecule has 2 aromatic carbocycles. The highest BCUT2D eigenvalue weighted by molar-refractivity contribution is 6.30. The van der Waals surface area contributed by atoms with Gasteiger partial charge < -0.3 is 20.1 Å². The normalized spacial score (nSPS) is 10.4. The molecule has 0 aliphatic heterocycles. The minimum absolute atomic E-state index is 0.275. The number of hydrogen-bond acceptors (Lipinski definition) is 5. The zero-order valence-corrected chi connectivity index (χ0v) is 17.0. The lowest BCUT2D eigenvalue weighted by Crippen LogP contribution is -2.18. The van der Waals surface area contributed by atoms with Gasteiger partial charge in [0.1, 0.15) is 11.6 Å². The van der Waals surface area contributed by atoms with E-state index in [0.29, 0.717) is 46.7 Å². The van der Waals surface area contributed by atoms with Crippen molar-refractivity contribution in [3.8, 4) is 17.0 Å². The summed E-state index contributed by atoms with van der Waals surface area (Å²) in [5.41, 5.74) is 2.64. The summed E-state index contributed by atoms with van der Waals surface area (Å²) in [4.78, 5) is 17.5. The van der Waals surface area contributed by atoms with Gasteiger partial charge in [-0.25, -0.2) is 4.98 Å². The van der Waals surface area contributed by atoms with Crippen LogP contribution >= 0.6 is 11.6 Å². The number of rotatable bonds is 8. The number of carbonyl (C=O) groups excluding carboxylic acids is 1. The van der Waals surface area contributed by atoms with Crippen molar-refractivity contribution in [2.75, 3.05) is 38.0 Å². The van der Waals surface area contributed by atoms with Gasteiger partial charge in [0, 0.05) is 36.0 Å². The van der Waals surface area contributed by atoms with Gasteiger partial charge in [0.25, 0.3) is 5.91 Å². The highest BCUT2D eigenvalue weighted by Crippen LogP contribution is 2.25. The van der Waals surface area contributed by atoms with Crippen LogP contribution in [0.1, 0.15) is 10.4 Å². The first-order valence-corrected chi connectivity index (χ1v) is 9.43. The quantitative estimate of drug-likeness (QED) is 0.524. The Hall–Kier alpha value is -3.09. The molecule has 1 amide bonds. The van der Waals surface area contributed by atoms with Crippen molar-refractivity contribution in [2.24, 2.45) is 0 Å². The number of hydrogen-bond donors (Lipinski definition) is 2. The van der Waals surface area contributed by atoms with Crippen molar-refractivity contribution in [3.05, 3.63) is 71.2 Å². The second-order valence-corrected chi connectivity index (χ2v) is 6.65. The summed E-state index contributed by atoms with van der Waals surface area (Å²) >= 11 is 6.10. The van der Waals surface area contributed by atoms with Crippen LogP contribution in [0.25, 0.3) is 11.3 Å². The van der Waals surface area contributed by atoms with Gasteiger partial charge in [-0.05, 0) is 36.4 Å². The number of amides is 1. The molecule has 0 aliphatic rings. The van der Waals surface area contributed by atoms with E-state index in [-0.39, 0.29) is 5.91 Å². The summed E-state index contributed by atoms with van der Waals surface area (Å²) in [5.74, 6) is 0.860. The number of nitrogens with one attached hydrogen (secondary N) is 2. The van der Waals surface area contributed by atoms with Crippen LogP contribution < -0.4 is 15.4 Å². The first kappa shape index (κ1) is 20.6. The molecule has 7 heteroatoms. The molecule has 0 spiro atoms. The number of benzene rings is 2. The predicted octanol–water partition coefficient (Wildman–Crippen LogP) is 4.72. The third-order valence-electron chi connectivity index (χ3n) is 4.19. The maximum absolute atomic E-state index is 12.9. The number of anilines is 2. The van der Waals surface area contributed by atoms with Gasteiger partial charge >= 0.3 is 0 Å². The molecule has 0 bridgehead atoms. The molecule has 29 heavy (non-hydrogen) atoms. The summed E-state index contributed by atoms with van der Waals surface area (Å²) in [6, 6.07) is 18.1. The fourth-order valence-electron chi connectivity index (χ4n) is 2.76. The summed E-state index contributed by atoms with van der Waals surface area (Å²) in [5, 5.41) is 6.68. The van der Waals surface area contributed by atoms with Crippen LogP contribution in [0, 0.1) is 0 Å². The standard InChI is InChI=1S/C22H22ClN3O3/c1-28-12-11-24-21-19(22(27)25-17-7-4-8-18(14-17)29-2)9-10-20(26-21)15-5-3-6-16(23)13-15/h3-10,13-14H,11-12H2,1-2H3,(H,24,26)(H,25,27). The SMILES string of the molecule is COCCNc1nc(-c2cccc(Cl)c2)ccc1C(=O)Nc1cccc(OC)c1. The number of halogens is 1. The molecule has 0 fully saturated rings. The van der Waals surface area contributed by atoms with Crippen molar-refractivity contribution >= 4 is 29.0 Å². The average Bonchev–Trinajstić information content (AvgIpc) is 2.74. The molecule has 0 saturated heterocycles. The maximum atomic E-state index is 12.9. The molecule has 6 nitrogen and oxygen atoms in total. The van der Waals surface area contributed by atoms with Crippen LogP contribution in [-0.2, 0) is 4.74 Å². The van der Waals surface area contributed by atoms with Gasteiger partial charge in [0.2, 0.25) is 0 Å². The van der Waals surface area contributed by atoms with Crippen molar-refractivity contribution in [1.29, 1.82) is 0 Å². The minimum Gasteiger partial charge on any atom is -0.497 e. The molecule has 0 unspecified atom stereocenters. The topological polar surface area (TPSA) is 72.5 Å². The van der Waals surface area contributed by atoms with E-state index < -0.39 is 0 Å². The molecule has 150 valence electrons. The van der Waals surface area contributed by atoms with Gasteiger partial charge in [0.05, 0.1) is 25.0 Å². The zero-order valence-electron chi connectivity index (χ0n) is 16.2. The Morgan fingerprint density at radius 3 is 2.66 bits per heavy atom. The summed E-state index contributed by atoms with van der Waals surface area (Å²) in [6.07, 6.45) is 0. The number of aromatic nitrogens is 1. The van der Waals surface area contributed by atoms with Crippen molar-refractivity contribution in [1.82, 2.24) is 4.98 Å². The monoisotopic (exact) mass is 411 g/mol. The van der Waals surface area contributed by atoms with Gasteiger partial charge in [-0.1, -0.05) is 29.8 Å². The molecule has 2 N–H and O–H groups in total. The van der Waals surface area contributed by atoms with E-state index in [9.17, 15) is 4.79 Å². The van der Waals surface area contributed by atoms with Crippen LogP contribution in [0.15, 0.2) is 60.7 Å². The largest absolute Gasteiger partial charge is 0.497 e. The Morgan fingerprint density at radius 2 is 1.90 bits per heavy atom. The Morgan fingerprint density at radius 1 is 1.07 bits per heavy atom. The second-order valence-electron chi connectivity index (χ2n) is 6.21. The van der Waals surface area contributed by atoms with Crippen LogP contribution in [0.5, 0.6) is 5.75 Å². The fourth-order valence-corrected chi connectivity index (χ4v) is 2.95. The summed E-state index contributed by atoms with van der Waals surface area (Å²) in [7, 11) is 3.20. The second kappa shape index (κ2) is 9.91. The molecule has 0 atom stereocenters. The molecule has 1 aromatic heterocycles. The molecule has 0 aliphatic carbocycles. The molecule has 0 saturated carbocycles. The molecular weight excluding hydrogens is 390 g/mol. The van der Waals surface area contributed by atoms with E-state index in [1.807, 2.05) is 30.3 Å². The van der Waals surface area contributed by atoms with Crippen LogP contribution in [-0.4, -0.2) is 38.3 Å². The van der Waals surface area contributed by atoms with Crippen LogP contribution in [0.4, 0.5) is 11.5 Å². The summed E-state index contributed by atoms with van der Waals surface area (Å²) in [6.45, 7) is 1.00. The first-order chi connectivity index (χ1) is 14.1. The van der Waals surface area contributed by atoms with E-state index in [2.05, 4.69) is 15.6 Å². The van der Waals surface area contributed by atoms with E-state index in [1.54, 1.807) is 44.6 Å². The van der Waals surface area contributed by atoms with Crippen molar-refractivity contribution < 1.29 is 14.3 Å². The Labute approximate surface area is 174 Å². The predicted molar refractivity (Wildman–Crippen MR) is 116 cm³/mol. The Balaban J connectivity index is 1.90. The first-order valence-electron chi connectivity index (χ1n) is 9.06. The maximum Gasteiger partial charge on any atom is 0.259 e. The lowest BCUT2D eigenvalue weighted by molar-refractivity contribution is 0.102. The smallest absolute Gasteiger partial charge is 0.259 e. The van der Waals surface area contributed by atoms with E-state index in [0.717, 1.165) is 5.56 Å². The number of methoxy groups -OCH3 is 2. The van der Waals surface area contributed by atoms with Gasteiger partial charge in [-0.3, -0.25) is 4.79 Å². The average molecular weight is 412 g/mol. The summed E-state index contributed by atoms with van der Waals surface area (Å²) < 4.78 is 10.3. The van der Waals surface area contributed by atoms with Crippen LogP contribution in [0.2, 0.25) is 5.02 Å². The van der Waals surface area contributed by atoms with E-state index in [1.165, 1.54) is 0 Å².